The van der Waals surface area contributed by atoms with Gasteiger partial charge in [-0.3, -0.25) is 9.20 Å². The highest BCUT2D eigenvalue weighted by Gasteiger charge is 2.12. The van der Waals surface area contributed by atoms with Gasteiger partial charge in [0.2, 0.25) is 0 Å². The van der Waals surface area contributed by atoms with Crippen LogP contribution < -0.4 is 5.43 Å². The van der Waals surface area contributed by atoms with E-state index in [9.17, 15) is 4.79 Å². The summed E-state index contributed by atoms with van der Waals surface area (Å²) in [6.45, 7) is 8.85. The second kappa shape index (κ2) is 6.62. The van der Waals surface area contributed by atoms with Gasteiger partial charge in [-0.1, -0.05) is 0 Å². The normalized spacial score (nSPS) is 11.9. The van der Waals surface area contributed by atoms with E-state index >= 15 is 0 Å². The number of rotatable bonds is 4. The van der Waals surface area contributed by atoms with E-state index < -0.39 is 0 Å². The molecule has 138 valence electrons. The highest BCUT2D eigenvalue weighted by molar-refractivity contribution is 7.15. The highest BCUT2D eigenvalue weighted by Crippen LogP contribution is 2.19. The van der Waals surface area contributed by atoms with E-state index in [1.54, 1.807) is 29.7 Å². The number of nitrogens with one attached hydrogen (secondary N) is 1. The maximum Gasteiger partial charge on any atom is 0.271 e. The third-order valence-electron chi connectivity index (χ3n) is 4.62. The molecule has 0 aliphatic rings. The Morgan fingerprint density at radius 3 is 2.89 bits per heavy atom. The van der Waals surface area contributed by atoms with E-state index in [1.807, 2.05) is 36.6 Å². The molecule has 1 amide bonds. The molecular weight excluding hydrogens is 360 g/mol. The molecule has 0 spiro atoms. The molecule has 0 saturated heterocycles. The van der Waals surface area contributed by atoms with Gasteiger partial charge in [0.1, 0.15) is 5.82 Å². The van der Waals surface area contributed by atoms with Crippen LogP contribution in [0.4, 0.5) is 0 Å². The molecule has 1 aromatic carbocycles. The van der Waals surface area contributed by atoms with Crippen molar-refractivity contribution in [1.29, 1.82) is 0 Å². The van der Waals surface area contributed by atoms with Crippen LogP contribution in [0.15, 0.2) is 28.7 Å². The van der Waals surface area contributed by atoms with Crippen LogP contribution in [0.1, 0.15) is 40.2 Å². The van der Waals surface area contributed by atoms with Gasteiger partial charge in [0.15, 0.2) is 4.96 Å². The summed E-state index contributed by atoms with van der Waals surface area (Å²) in [4.78, 5) is 22.4. The number of hydrazone groups is 1. The zero-order chi connectivity index (χ0) is 19.1. The minimum absolute atomic E-state index is 0.266. The van der Waals surface area contributed by atoms with Gasteiger partial charge in [-0.15, -0.1) is 11.3 Å². The van der Waals surface area contributed by atoms with Gasteiger partial charge < -0.3 is 4.57 Å². The number of fused-ring (bicyclic) bond motifs is 2. The van der Waals surface area contributed by atoms with Crippen LogP contribution in [0.2, 0.25) is 0 Å². The fourth-order valence-electron chi connectivity index (χ4n) is 3.28. The third-order valence-corrected chi connectivity index (χ3v) is 5.57. The molecule has 1 N–H and O–H groups in total. The first kappa shape index (κ1) is 17.4. The average Bonchev–Trinajstić information content (AvgIpc) is 3.26. The summed E-state index contributed by atoms with van der Waals surface area (Å²) in [5.41, 5.74) is 7.82. The van der Waals surface area contributed by atoms with Crippen molar-refractivity contribution in [3.63, 3.8) is 0 Å². The standard InChI is InChI=1S/C19H20N6OS/c1-5-24-13(4)22-15-8-14(6-7-16(15)24)18(26)23-20-9-17-12(3)21-19-25(17)11(2)10-27-19/h6-10H,5H2,1-4H3,(H,23,26)/b20-9-. The Balaban J connectivity index is 1.57. The SMILES string of the molecule is CCn1c(C)nc2cc(C(=O)N/N=C\c3c(C)nc4scc(C)n34)ccc21. The quantitative estimate of drug-likeness (QED) is 0.435. The Labute approximate surface area is 160 Å². The lowest BCUT2D eigenvalue weighted by Crippen LogP contribution is -2.17. The second-order valence-corrected chi connectivity index (χ2v) is 7.22. The predicted molar refractivity (Wildman–Crippen MR) is 108 cm³/mol. The highest BCUT2D eigenvalue weighted by atomic mass is 32.1. The maximum absolute atomic E-state index is 12.5. The van der Waals surface area contributed by atoms with Crippen molar-refractivity contribution < 1.29 is 4.79 Å². The summed E-state index contributed by atoms with van der Waals surface area (Å²) in [6.07, 6.45) is 1.64. The molecule has 0 aliphatic carbocycles. The zero-order valence-electron chi connectivity index (χ0n) is 15.6. The van der Waals surface area contributed by atoms with Crippen molar-refractivity contribution in [2.45, 2.75) is 34.2 Å². The Hall–Kier alpha value is -3.00. The van der Waals surface area contributed by atoms with Gasteiger partial charge in [-0.05, 0) is 45.9 Å². The molecule has 4 rings (SSSR count). The number of hydrogen-bond donors (Lipinski definition) is 1. The molecule has 27 heavy (non-hydrogen) atoms. The van der Waals surface area contributed by atoms with Crippen LogP contribution in [-0.2, 0) is 6.54 Å². The van der Waals surface area contributed by atoms with E-state index in [2.05, 4.69) is 32.0 Å². The topological polar surface area (TPSA) is 76.6 Å². The van der Waals surface area contributed by atoms with Crippen molar-refractivity contribution in [3.8, 4) is 0 Å². The number of aromatic nitrogens is 4. The largest absolute Gasteiger partial charge is 0.329 e. The number of imidazole rings is 2. The van der Waals surface area contributed by atoms with Gasteiger partial charge in [0.25, 0.3) is 5.91 Å². The number of hydrogen-bond acceptors (Lipinski definition) is 5. The summed E-state index contributed by atoms with van der Waals surface area (Å²) < 4.78 is 4.15. The molecule has 4 aromatic rings. The van der Waals surface area contributed by atoms with Crippen LogP contribution in [0, 0.1) is 20.8 Å². The fourth-order valence-corrected chi connectivity index (χ4v) is 4.20. The number of nitrogens with zero attached hydrogens (tertiary/aromatic N) is 5. The maximum atomic E-state index is 12.5. The molecule has 0 aliphatic heterocycles. The smallest absolute Gasteiger partial charge is 0.271 e. The number of thiazole rings is 1. The van der Waals surface area contributed by atoms with Gasteiger partial charge in [-0.25, -0.2) is 15.4 Å². The second-order valence-electron chi connectivity index (χ2n) is 6.38. The Morgan fingerprint density at radius 2 is 2.11 bits per heavy atom. The molecule has 0 radical (unpaired) electrons. The first-order valence-corrected chi connectivity index (χ1v) is 9.61. The van der Waals surface area contributed by atoms with Crippen LogP contribution >= 0.6 is 11.3 Å². The average molecular weight is 380 g/mol. The van der Waals surface area contributed by atoms with Crippen LogP contribution in [0.25, 0.3) is 16.0 Å². The number of carbonyl (C=O) groups excluding carboxylic acids is 1. The number of amides is 1. The minimum Gasteiger partial charge on any atom is -0.329 e. The number of benzene rings is 1. The van der Waals surface area contributed by atoms with Crippen molar-refractivity contribution in [1.82, 2.24) is 24.4 Å². The van der Waals surface area contributed by atoms with Gasteiger partial charge >= 0.3 is 0 Å². The predicted octanol–water partition coefficient (Wildman–Crippen LogP) is 3.45. The van der Waals surface area contributed by atoms with Gasteiger partial charge in [0.05, 0.1) is 28.6 Å². The zero-order valence-corrected chi connectivity index (χ0v) is 16.5. The summed E-state index contributed by atoms with van der Waals surface area (Å²) in [6, 6.07) is 5.52. The first-order valence-electron chi connectivity index (χ1n) is 8.73. The van der Waals surface area contributed by atoms with Gasteiger partial charge in [0, 0.05) is 23.2 Å². The number of carbonyl (C=O) groups is 1. The minimum atomic E-state index is -0.266. The van der Waals surface area contributed by atoms with Crippen LogP contribution in [0.3, 0.4) is 0 Å². The summed E-state index contributed by atoms with van der Waals surface area (Å²) in [7, 11) is 0. The monoisotopic (exact) mass is 380 g/mol. The van der Waals surface area contributed by atoms with Crippen molar-refractivity contribution in [2.24, 2.45) is 5.10 Å². The summed E-state index contributed by atoms with van der Waals surface area (Å²) >= 11 is 1.59. The Bertz CT molecular complexity index is 1200. The lowest BCUT2D eigenvalue weighted by atomic mass is 10.2. The lowest BCUT2D eigenvalue weighted by molar-refractivity contribution is 0.0955. The Kier molecular flexibility index (Phi) is 4.27. The van der Waals surface area contributed by atoms with Gasteiger partial charge in [-0.2, -0.15) is 5.10 Å². The van der Waals surface area contributed by atoms with Crippen molar-refractivity contribution in [2.75, 3.05) is 0 Å². The van der Waals surface area contributed by atoms with E-state index in [1.165, 1.54) is 0 Å². The van der Waals surface area contributed by atoms with Crippen molar-refractivity contribution >= 4 is 39.5 Å². The molecule has 0 saturated carbocycles. The van der Waals surface area contributed by atoms with Crippen LogP contribution in [0.5, 0.6) is 0 Å². The lowest BCUT2D eigenvalue weighted by Gasteiger charge is -2.03. The first-order chi connectivity index (χ1) is 13.0. The molecule has 7 nitrogen and oxygen atoms in total. The molecular formula is C19H20N6OS. The molecule has 0 unspecified atom stereocenters. The summed E-state index contributed by atoms with van der Waals surface area (Å²) in [5, 5.41) is 6.18. The third kappa shape index (κ3) is 2.91. The van der Waals surface area contributed by atoms with E-state index in [0.717, 1.165) is 45.4 Å². The Morgan fingerprint density at radius 1 is 1.30 bits per heavy atom. The fraction of sp³-hybridized carbons (Fsp3) is 0.263. The molecule has 3 heterocycles. The van der Waals surface area contributed by atoms with Crippen LogP contribution in [-0.4, -0.2) is 31.1 Å². The molecule has 0 bridgehead atoms. The van der Waals surface area contributed by atoms with E-state index in [0.29, 0.717) is 5.56 Å². The summed E-state index contributed by atoms with van der Waals surface area (Å²) in [5.74, 6) is 0.673. The van der Waals surface area contributed by atoms with Crippen molar-refractivity contribution in [3.05, 3.63) is 52.0 Å². The van der Waals surface area contributed by atoms with E-state index in [-0.39, 0.29) is 5.91 Å². The molecule has 8 heteroatoms. The van der Waals surface area contributed by atoms with E-state index in [4.69, 9.17) is 0 Å². The molecule has 3 aromatic heterocycles. The molecule has 0 atom stereocenters. The number of aryl methyl sites for hydroxylation is 4. The molecule has 0 fully saturated rings.